The number of carbonyl (C=O) groups is 1. The lowest BCUT2D eigenvalue weighted by Gasteiger charge is -2.28. The van der Waals surface area contributed by atoms with Gasteiger partial charge in [0.25, 0.3) is 0 Å². The van der Waals surface area contributed by atoms with Gasteiger partial charge in [0, 0.05) is 38.6 Å². The lowest BCUT2D eigenvalue weighted by atomic mass is 10.1. The van der Waals surface area contributed by atoms with E-state index in [1.54, 1.807) is 31.2 Å². The molecule has 10 heteroatoms. The van der Waals surface area contributed by atoms with Crippen molar-refractivity contribution in [3.05, 3.63) is 41.0 Å². The van der Waals surface area contributed by atoms with E-state index in [4.69, 9.17) is 9.47 Å². The van der Waals surface area contributed by atoms with E-state index in [-0.39, 0.29) is 31.6 Å². The molecule has 0 unspecified atom stereocenters. The largest absolute Gasteiger partial charge is 0.496 e. The molecule has 1 aromatic heterocycles. The second-order valence-corrected chi connectivity index (χ2v) is 11.0. The van der Waals surface area contributed by atoms with E-state index in [9.17, 15) is 13.2 Å². The normalized spacial score (nSPS) is 14.1. The van der Waals surface area contributed by atoms with E-state index in [1.807, 2.05) is 38.5 Å². The van der Waals surface area contributed by atoms with Gasteiger partial charge in [0.2, 0.25) is 15.9 Å². The summed E-state index contributed by atoms with van der Waals surface area (Å²) in [7, 11) is -2.18. The Balaban J connectivity index is 1.66. The van der Waals surface area contributed by atoms with Gasteiger partial charge in [-0.25, -0.2) is 13.4 Å². The maximum absolute atomic E-state index is 13.7. The van der Waals surface area contributed by atoms with E-state index in [0.29, 0.717) is 48.0 Å². The number of hydrogen-bond acceptors (Lipinski definition) is 6. The average Bonchev–Trinajstić information content (AvgIpc) is 3.25. The summed E-state index contributed by atoms with van der Waals surface area (Å²) in [5.74, 6) is 1.54. The Bertz CT molecular complexity index is 1130. The number of methoxy groups -OCH3 is 1. The summed E-state index contributed by atoms with van der Waals surface area (Å²) in [6.07, 6.45) is 3.64. The van der Waals surface area contributed by atoms with Gasteiger partial charge >= 0.3 is 0 Å². The average molecular weight is 493 g/mol. The van der Waals surface area contributed by atoms with Gasteiger partial charge in [-0.3, -0.25) is 4.79 Å². The van der Waals surface area contributed by atoms with E-state index in [1.165, 1.54) is 4.31 Å². The molecule has 9 nitrogen and oxygen atoms in total. The van der Waals surface area contributed by atoms with Gasteiger partial charge in [-0.1, -0.05) is 13.8 Å². The molecule has 1 aliphatic heterocycles. The highest BCUT2D eigenvalue weighted by molar-refractivity contribution is 7.89. The zero-order valence-electron chi connectivity index (χ0n) is 21.0. The molecule has 2 heterocycles. The number of amides is 1. The minimum atomic E-state index is -3.76. The molecule has 2 aromatic rings. The second kappa shape index (κ2) is 10.9. The fourth-order valence-corrected chi connectivity index (χ4v) is 6.35. The molecule has 1 aliphatic rings. The van der Waals surface area contributed by atoms with Crippen molar-refractivity contribution in [3.8, 4) is 5.75 Å². The Morgan fingerprint density at radius 1 is 1.21 bits per heavy atom. The predicted octanol–water partition coefficient (Wildman–Crippen LogP) is 2.52. The van der Waals surface area contributed by atoms with E-state index in [2.05, 4.69) is 4.98 Å². The summed E-state index contributed by atoms with van der Waals surface area (Å²) in [4.78, 5) is 18.9. The first-order valence-corrected chi connectivity index (χ1v) is 13.0. The Labute approximate surface area is 202 Å². The van der Waals surface area contributed by atoms with Gasteiger partial charge < -0.3 is 18.9 Å². The Morgan fingerprint density at radius 2 is 1.94 bits per heavy atom. The maximum Gasteiger partial charge on any atom is 0.249 e. The van der Waals surface area contributed by atoms with Crippen molar-refractivity contribution >= 4 is 15.9 Å². The van der Waals surface area contributed by atoms with Gasteiger partial charge in [-0.2, -0.15) is 4.31 Å². The van der Waals surface area contributed by atoms with Crippen molar-refractivity contribution in [3.63, 3.8) is 0 Å². The third-order valence-corrected chi connectivity index (χ3v) is 8.33. The van der Waals surface area contributed by atoms with Crippen LogP contribution < -0.4 is 4.74 Å². The third-order valence-electron chi connectivity index (χ3n) is 6.17. The molecule has 0 bridgehead atoms. The lowest BCUT2D eigenvalue weighted by molar-refractivity contribution is -0.137. The molecular weight excluding hydrogens is 456 g/mol. The zero-order valence-corrected chi connectivity index (χ0v) is 21.8. The number of benzene rings is 1. The van der Waals surface area contributed by atoms with E-state index in [0.717, 1.165) is 11.4 Å². The third kappa shape index (κ3) is 5.61. The molecule has 0 fully saturated rings. The number of ether oxygens (including phenoxy) is 2. The number of aromatic nitrogens is 2. The Kier molecular flexibility index (Phi) is 8.38. The van der Waals surface area contributed by atoms with Crippen LogP contribution in [0.5, 0.6) is 5.75 Å². The second-order valence-electron chi connectivity index (χ2n) is 9.14. The molecule has 0 atom stereocenters. The Hall–Kier alpha value is -2.43. The van der Waals surface area contributed by atoms with Crippen molar-refractivity contribution in [2.45, 2.75) is 52.6 Å². The van der Waals surface area contributed by atoms with Crippen LogP contribution in [0.2, 0.25) is 0 Å². The standard InChI is InChI=1S/C24H36N4O5S/c1-17(2)14-28(34(30,31)24-18(3)13-21(32-6)19(4)20(24)5)11-12-33-16-23(29)27-10-9-26-8-7-25-22(26)15-27/h7-8,13,17H,9-12,14-16H2,1-6H3. The molecule has 0 aliphatic carbocycles. The molecule has 1 aromatic carbocycles. The quantitative estimate of drug-likeness (QED) is 0.473. The number of hydrogen-bond donors (Lipinski definition) is 0. The number of carbonyl (C=O) groups excluding carboxylic acids is 1. The molecule has 0 saturated carbocycles. The van der Waals surface area contributed by atoms with Gasteiger partial charge in [-0.15, -0.1) is 0 Å². The molecular formula is C24H36N4O5S. The molecule has 0 saturated heterocycles. The van der Waals surface area contributed by atoms with E-state index < -0.39 is 10.0 Å². The van der Waals surface area contributed by atoms with Crippen molar-refractivity contribution in [1.82, 2.24) is 18.8 Å². The summed E-state index contributed by atoms with van der Waals surface area (Å²) in [5.41, 5.74) is 2.14. The van der Waals surface area contributed by atoms with Crippen LogP contribution in [-0.4, -0.2) is 73.0 Å². The Morgan fingerprint density at radius 3 is 2.62 bits per heavy atom. The van der Waals surface area contributed by atoms with Gasteiger partial charge in [0.1, 0.15) is 18.2 Å². The summed E-state index contributed by atoms with van der Waals surface area (Å²) in [5, 5.41) is 0. The molecule has 0 N–H and O–H groups in total. The summed E-state index contributed by atoms with van der Waals surface area (Å²) in [6.45, 7) is 11.8. The minimum Gasteiger partial charge on any atom is -0.496 e. The topological polar surface area (TPSA) is 94.0 Å². The SMILES string of the molecule is COc1cc(C)c(S(=O)(=O)N(CCOCC(=O)N2CCn3ccnc3C2)CC(C)C)c(C)c1C. The van der Waals surface area contributed by atoms with Crippen LogP contribution in [0.3, 0.4) is 0 Å². The van der Waals surface area contributed by atoms with Crippen LogP contribution in [-0.2, 0) is 32.6 Å². The van der Waals surface area contributed by atoms with Crippen molar-refractivity contribution in [2.75, 3.05) is 40.0 Å². The zero-order chi connectivity index (χ0) is 25.0. The molecule has 0 radical (unpaired) electrons. The first-order chi connectivity index (χ1) is 16.1. The van der Waals surface area contributed by atoms with Crippen LogP contribution >= 0.6 is 0 Å². The molecule has 3 rings (SSSR count). The van der Waals surface area contributed by atoms with Crippen LogP contribution in [0.15, 0.2) is 23.4 Å². The highest BCUT2D eigenvalue weighted by atomic mass is 32.2. The number of nitrogens with zero attached hydrogens (tertiary/aromatic N) is 4. The van der Waals surface area contributed by atoms with Gasteiger partial charge in [0.15, 0.2) is 0 Å². The van der Waals surface area contributed by atoms with Gasteiger partial charge in [-0.05, 0) is 49.4 Å². The minimum absolute atomic E-state index is 0.0873. The maximum atomic E-state index is 13.7. The van der Waals surface area contributed by atoms with Crippen LogP contribution in [0.4, 0.5) is 0 Å². The van der Waals surface area contributed by atoms with Crippen molar-refractivity contribution in [1.29, 1.82) is 0 Å². The van der Waals surface area contributed by atoms with Gasteiger partial charge in [0.05, 0.1) is 25.2 Å². The van der Waals surface area contributed by atoms with Crippen LogP contribution in [0.25, 0.3) is 0 Å². The highest BCUT2D eigenvalue weighted by Crippen LogP contribution is 2.32. The van der Waals surface area contributed by atoms with Crippen LogP contribution in [0.1, 0.15) is 36.4 Å². The van der Waals surface area contributed by atoms with Crippen molar-refractivity contribution in [2.24, 2.45) is 5.92 Å². The summed E-state index contributed by atoms with van der Waals surface area (Å²) >= 11 is 0. The molecule has 34 heavy (non-hydrogen) atoms. The molecule has 188 valence electrons. The summed E-state index contributed by atoms with van der Waals surface area (Å²) in [6, 6.07) is 1.77. The fourth-order valence-electron chi connectivity index (χ4n) is 4.28. The number of sulfonamides is 1. The number of fused-ring (bicyclic) bond motifs is 1. The predicted molar refractivity (Wildman–Crippen MR) is 129 cm³/mol. The number of imidazole rings is 1. The van der Waals surface area contributed by atoms with Crippen LogP contribution in [0, 0.1) is 26.7 Å². The van der Waals surface area contributed by atoms with E-state index >= 15 is 0 Å². The molecule has 1 amide bonds. The monoisotopic (exact) mass is 492 g/mol. The highest BCUT2D eigenvalue weighted by Gasteiger charge is 2.30. The molecule has 0 spiro atoms. The first-order valence-electron chi connectivity index (χ1n) is 11.6. The summed E-state index contributed by atoms with van der Waals surface area (Å²) < 4.78 is 41.9. The fraction of sp³-hybridized carbons (Fsp3) is 0.583. The number of rotatable bonds is 10. The van der Waals surface area contributed by atoms with Crippen molar-refractivity contribution < 1.29 is 22.7 Å². The smallest absolute Gasteiger partial charge is 0.249 e. The first kappa shape index (κ1) is 26.2. The number of aryl methyl sites for hydroxylation is 1. The lowest BCUT2D eigenvalue weighted by Crippen LogP contribution is -2.41.